The van der Waals surface area contributed by atoms with E-state index in [-0.39, 0.29) is 31.6 Å². The van der Waals surface area contributed by atoms with Crippen molar-refractivity contribution in [2.75, 3.05) is 19.8 Å². The maximum absolute atomic E-state index is 12.0. The lowest BCUT2D eigenvalue weighted by Crippen LogP contribution is -2.42. The maximum atomic E-state index is 12.0. The lowest BCUT2D eigenvalue weighted by Gasteiger charge is -2.30. The van der Waals surface area contributed by atoms with Crippen molar-refractivity contribution in [2.45, 2.75) is 44.1 Å². The number of esters is 1. The zero-order valence-electron chi connectivity index (χ0n) is 14.3. The van der Waals surface area contributed by atoms with Gasteiger partial charge in [0.1, 0.15) is 19.3 Å². The van der Waals surface area contributed by atoms with Crippen molar-refractivity contribution in [3.8, 4) is 0 Å². The van der Waals surface area contributed by atoms with Gasteiger partial charge in [0, 0.05) is 11.0 Å². The Labute approximate surface area is 147 Å². The summed E-state index contributed by atoms with van der Waals surface area (Å²) in [6.45, 7) is 6.95. The molecular formula is C16H23NO7S. The zero-order valence-corrected chi connectivity index (χ0v) is 15.1. The number of amides is 1. The van der Waals surface area contributed by atoms with E-state index in [4.69, 9.17) is 13.7 Å². The average Bonchev–Trinajstić information content (AvgIpc) is 3.03. The Morgan fingerprint density at radius 2 is 2.12 bits per heavy atom. The Bertz CT molecular complexity index is 703. The van der Waals surface area contributed by atoms with Gasteiger partial charge in [0.15, 0.2) is 0 Å². The van der Waals surface area contributed by atoms with Crippen LogP contribution in [0.4, 0.5) is 0 Å². The Morgan fingerprint density at radius 1 is 1.40 bits per heavy atom. The average molecular weight is 373 g/mol. The molecule has 0 radical (unpaired) electrons. The van der Waals surface area contributed by atoms with Crippen LogP contribution < -0.4 is 5.32 Å². The van der Waals surface area contributed by atoms with E-state index in [2.05, 4.69) is 11.9 Å². The molecule has 2 aliphatic carbocycles. The van der Waals surface area contributed by atoms with Gasteiger partial charge in [-0.15, -0.1) is 0 Å². The van der Waals surface area contributed by atoms with E-state index in [0.717, 1.165) is 6.42 Å². The van der Waals surface area contributed by atoms with E-state index in [1.807, 2.05) is 6.92 Å². The van der Waals surface area contributed by atoms with Crippen molar-refractivity contribution in [1.29, 1.82) is 0 Å². The molecule has 3 aliphatic rings. The van der Waals surface area contributed by atoms with Crippen LogP contribution >= 0.6 is 0 Å². The zero-order chi connectivity index (χ0) is 18.4. The highest BCUT2D eigenvalue weighted by Crippen LogP contribution is 2.62. The molecule has 0 aromatic carbocycles. The van der Waals surface area contributed by atoms with Crippen LogP contribution in [0.25, 0.3) is 0 Å². The number of hydrogen-bond acceptors (Lipinski definition) is 7. The predicted molar refractivity (Wildman–Crippen MR) is 86.9 cm³/mol. The molecule has 25 heavy (non-hydrogen) atoms. The van der Waals surface area contributed by atoms with Gasteiger partial charge >= 0.3 is 5.97 Å². The van der Waals surface area contributed by atoms with Crippen molar-refractivity contribution in [3.05, 3.63) is 12.2 Å². The highest BCUT2D eigenvalue weighted by Gasteiger charge is 2.71. The van der Waals surface area contributed by atoms with Crippen molar-refractivity contribution >= 4 is 22.0 Å². The third-order valence-corrected chi connectivity index (χ3v) is 7.29. The van der Waals surface area contributed by atoms with E-state index < -0.39 is 39.0 Å². The van der Waals surface area contributed by atoms with E-state index in [0.29, 0.717) is 12.0 Å². The first-order valence-corrected chi connectivity index (χ1v) is 9.75. The number of hydrogen-bond donors (Lipinski definition) is 1. The highest BCUT2D eigenvalue weighted by molar-refractivity contribution is 7.87. The van der Waals surface area contributed by atoms with Crippen LogP contribution in [0.1, 0.15) is 26.7 Å². The molecule has 3 rings (SSSR count). The summed E-state index contributed by atoms with van der Waals surface area (Å²) in [6, 6.07) is 0. The molecule has 2 bridgehead atoms. The minimum atomic E-state index is -3.54. The number of carbonyl (C=O) groups excluding carboxylic acids is 2. The Balaban J connectivity index is 1.44. The van der Waals surface area contributed by atoms with E-state index in [1.54, 1.807) is 6.92 Å². The summed E-state index contributed by atoms with van der Waals surface area (Å²) in [5, 5.41) is 2.09. The monoisotopic (exact) mass is 373 g/mol. The molecule has 1 heterocycles. The van der Waals surface area contributed by atoms with Crippen molar-refractivity contribution in [3.63, 3.8) is 0 Å². The van der Waals surface area contributed by atoms with Gasteiger partial charge in [-0.1, -0.05) is 13.5 Å². The summed E-state index contributed by atoms with van der Waals surface area (Å²) in [5.74, 6) is -0.772. The van der Waals surface area contributed by atoms with Crippen molar-refractivity contribution in [1.82, 2.24) is 5.32 Å². The number of carbonyl (C=O) groups is 2. The Hall–Kier alpha value is -1.45. The first-order valence-electron chi connectivity index (χ1n) is 8.28. The molecule has 1 N–H and O–H groups in total. The highest BCUT2D eigenvalue weighted by atomic mass is 32.2. The first kappa shape index (κ1) is 18.3. The fourth-order valence-corrected chi connectivity index (χ4v) is 6.35. The summed E-state index contributed by atoms with van der Waals surface area (Å²) in [6.07, 6.45) is 0.314. The van der Waals surface area contributed by atoms with E-state index in [1.165, 1.54) is 0 Å². The van der Waals surface area contributed by atoms with E-state index in [9.17, 15) is 18.0 Å². The molecule has 0 aromatic heterocycles. The van der Waals surface area contributed by atoms with Crippen LogP contribution in [0.2, 0.25) is 0 Å². The van der Waals surface area contributed by atoms with Crippen molar-refractivity contribution in [2.24, 2.45) is 11.3 Å². The fourth-order valence-electron chi connectivity index (χ4n) is 4.23. The molecule has 5 unspecified atom stereocenters. The van der Waals surface area contributed by atoms with Gasteiger partial charge in [-0.25, -0.2) is 4.79 Å². The molecule has 0 aromatic rings. The second kappa shape index (κ2) is 6.37. The van der Waals surface area contributed by atoms with Gasteiger partial charge in [-0.05, 0) is 25.7 Å². The summed E-state index contributed by atoms with van der Waals surface area (Å²) < 4.78 is 40.0. The molecular weight excluding hydrogens is 350 g/mol. The van der Waals surface area contributed by atoms with Gasteiger partial charge in [-0.2, -0.15) is 8.42 Å². The molecule has 1 amide bonds. The molecule has 0 spiro atoms. The molecule has 1 saturated heterocycles. The maximum Gasteiger partial charge on any atom is 0.332 e. The van der Waals surface area contributed by atoms with Crippen molar-refractivity contribution < 1.29 is 31.7 Å². The van der Waals surface area contributed by atoms with Gasteiger partial charge in [0.25, 0.3) is 10.1 Å². The normalized spacial score (nSPS) is 37.0. The minimum Gasteiger partial charge on any atom is -0.462 e. The second-order valence-electron chi connectivity index (χ2n) is 7.24. The lowest BCUT2D eigenvalue weighted by atomic mass is 9.82. The Kier molecular flexibility index (Phi) is 4.67. The summed E-state index contributed by atoms with van der Waals surface area (Å²) in [4.78, 5) is 23.0. The predicted octanol–water partition coefficient (Wildman–Crippen LogP) is 0.134. The summed E-state index contributed by atoms with van der Waals surface area (Å²) in [7, 11) is -3.54. The fraction of sp³-hybridized carbons (Fsp3) is 0.750. The van der Waals surface area contributed by atoms with Gasteiger partial charge in [0.2, 0.25) is 5.91 Å². The molecule has 8 nitrogen and oxygen atoms in total. The molecule has 140 valence electrons. The molecule has 1 aliphatic heterocycles. The van der Waals surface area contributed by atoms with Crippen LogP contribution in [0.5, 0.6) is 0 Å². The number of ether oxygens (including phenoxy) is 2. The molecule has 3 fully saturated rings. The molecule has 2 saturated carbocycles. The number of fused-ring (bicyclic) bond motifs is 1. The third-order valence-electron chi connectivity index (χ3n) is 5.39. The van der Waals surface area contributed by atoms with Crippen LogP contribution in [0, 0.1) is 11.3 Å². The first-order chi connectivity index (χ1) is 11.6. The van der Waals surface area contributed by atoms with Gasteiger partial charge in [-0.3, -0.25) is 8.98 Å². The minimum absolute atomic E-state index is 0.0312. The van der Waals surface area contributed by atoms with Crippen LogP contribution in [0.3, 0.4) is 0 Å². The molecule has 9 heteroatoms. The smallest absolute Gasteiger partial charge is 0.332 e. The third kappa shape index (κ3) is 3.20. The van der Waals surface area contributed by atoms with Crippen LogP contribution in [-0.2, 0) is 33.4 Å². The quantitative estimate of drug-likeness (QED) is 0.292. The Morgan fingerprint density at radius 3 is 2.80 bits per heavy atom. The lowest BCUT2D eigenvalue weighted by molar-refractivity contribution is -0.154. The van der Waals surface area contributed by atoms with E-state index >= 15 is 0 Å². The van der Waals surface area contributed by atoms with Gasteiger partial charge < -0.3 is 14.8 Å². The molecule has 5 atom stereocenters. The van der Waals surface area contributed by atoms with Gasteiger partial charge in [0.05, 0.1) is 17.9 Å². The second-order valence-corrected chi connectivity index (χ2v) is 8.98. The SMILES string of the molecule is C=C(C)C(=O)NCCOC(=O)COC1C2CC3C(C)(C2)C1OS3(=O)=O. The standard InChI is InChI=1S/C16H23NO7S/c1-9(2)15(19)17-4-5-22-12(18)8-23-13-10-6-11-16(3,7-10)14(13)24-25(11,20)21/h10-11,13-14H,1,4-8H2,2-3H3,(H,17,19). The topological polar surface area (TPSA) is 108 Å². The largest absolute Gasteiger partial charge is 0.462 e. The van der Waals surface area contributed by atoms with Crippen LogP contribution in [-0.4, -0.2) is 57.5 Å². The number of rotatable bonds is 7. The van der Waals surface area contributed by atoms with Crippen LogP contribution in [0.15, 0.2) is 12.2 Å². The summed E-state index contributed by atoms with van der Waals surface area (Å²) in [5.41, 5.74) is -0.0467. The number of nitrogens with one attached hydrogen (secondary N) is 1. The summed E-state index contributed by atoms with van der Waals surface area (Å²) >= 11 is 0.